The number of aromatic amines is 1. The lowest BCUT2D eigenvalue weighted by Gasteiger charge is -2.70. The van der Waals surface area contributed by atoms with Crippen LogP contribution in [0.25, 0.3) is 10.9 Å². The minimum absolute atomic E-state index is 0.227. The van der Waals surface area contributed by atoms with E-state index in [0.717, 1.165) is 18.0 Å². The van der Waals surface area contributed by atoms with Crippen LogP contribution < -0.4 is 5.32 Å². The van der Waals surface area contributed by atoms with Gasteiger partial charge in [-0.1, -0.05) is 30.3 Å². The van der Waals surface area contributed by atoms with E-state index in [2.05, 4.69) is 70.7 Å². The van der Waals surface area contributed by atoms with Crippen LogP contribution in [0.4, 0.5) is 10.5 Å². The molecule has 5 aliphatic rings. The Hall–Kier alpha value is -2.99. The van der Waals surface area contributed by atoms with Crippen molar-refractivity contribution < 1.29 is 9.53 Å². The summed E-state index contributed by atoms with van der Waals surface area (Å²) < 4.78 is 5.49. The smallest absolute Gasteiger partial charge is 0.410 e. The Bertz CT molecular complexity index is 1330. The molecule has 0 spiro atoms. The molecule has 2 aromatic carbocycles. The van der Waals surface area contributed by atoms with Gasteiger partial charge in [0.25, 0.3) is 0 Å². The average Bonchev–Trinajstić information content (AvgIpc) is 3.11. The molecule has 4 fully saturated rings. The Balaban J connectivity index is 1.13. The van der Waals surface area contributed by atoms with Crippen molar-refractivity contribution in [3.8, 4) is 0 Å². The van der Waals surface area contributed by atoms with E-state index >= 15 is 0 Å². The van der Waals surface area contributed by atoms with Crippen molar-refractivity contribution in [3.05, 3.63) is 65.4 Å². The van der Waals surface area contributed by atoms with Crippen LogP contribution in [0.1, 0.15) is 69.8 Å². The van der Waals surface area contributed by atoms with Crippen LogP contribution in [0.5, 0.6) is 0 Å². The number of hydrogen-bond donors (Lipinski definition) is 2. The second kappa shape index (κ2) is 8.00. The van der Waals surface area contributed by atoms with Gasteiger partial charge < -0.3 is 19.9 Å². The fourth-order valence-corrected chi connectivity index (χ4v) is 7.32. The van der Waals surface area contributed by atoms with Crippen molar-refractivity contribution in [2.75, 3.05) is 18.4 Å². The number of likely N-dealkylation sites (tertiary alicyclic amines) is 1. The van der Waals surface area contributed by atoms with Crippen LogP contribution in [0, 0.1) is 5.92 Å². The van der Waals surface area contributed by atoms with Crippen LogP contribution in [0.2, 0.25) is 0 Å². The summed E-state index contributed by atoms with van der Waals surface area (Å²) in [6, 6.07) is 18.9. The first-order valence-corrected chi connectivity index (χ1v) is 13.9. The molecule has 6 heteroatoms. The summed E-state index contributed by atoms with van der Waals surface area (Å²) in [6.45, 7) is 9.49. The number of amides is 1. The van der Waals surface area contributed by atoms with Crippen molar-refractivity contribution in [1.29, 1.82) is 0 Å². The van der Waals surface area contributed by atoms with Crippen LogP contribution in [-0.4, -0.2) is 57.2 Å². The zero-order valence-corrected chi connectivity index (χ0v) is 22.4. The van der Waals surface area contributed by atoms with Gasteiger partial charge >= 0.3 is 6.09 Å². The van der Waals surface area contributed by atoms with Crippen molar-refractivity contribution in [1.82, 2.24) is 14.8 Å². The number of benzene rings is 2. The van der Waals surface area contributed by atoms with Gasteiger partial charge in [-0.3, -0.25) is 4.90 Å². The van der Waals surface area contributed by atoms with E-state index in [1.807, 2.05) is 20.8 Å². The number of nitrogens with one attached hydrogen (secondary N) is 2. The van der Waals surface area contributed by atoms with E-state index in [0.29, 0.717) is 24.7 Å². The van der Waals surface area contributed by atoms with Gasteiger partial charge in [0.2, 0.25) is 0 Å². The molecule has 2 aliphatic heterocycles. The number of fused-ring (bicyclic) bond motifs is 3. The number of carbonyl (C=O) groups excluding carboxylic acids is 1. The molecule has 1 aromatic heterocycles. The number of anilines is 1. The molecule has 3 aromatic rings. The van der Waals surface area contributed by atoms with Gasteiger partial charge in [-0.2, -0.15) is 0 Å². The highest BCUT2D eigenvalue weighted by Crippen LogP contribution is 2.64. The number of H-pyrrole nitrogens is 1. The molecule has 2 N–H and O–H groups in total. The van der Waals surface area contributed by atoms with E-state index in [4.69, 9.17) is 4.74 Å². The molecule has 3 heterocycles. The predicted octanol–water partition coefficient (Wildman–Crippen LogP) is 6.09. The molecule has 3 aliphatic carbocycles. The normalized spacial score (nSPS) is 29.2. The molecule has 194 valence electrons. The summed E-state index contributed by atoms with van der Waals surface area (Å²) in [7, 11) is 0. The fourth-order valence-electron chi connectivity index (χ4n) is 7.32. The molecule has 6 nitrogen and oxygen atoms in total. The maximum Gasteiger partial charge on any atom is 0.410 e. The first-order chi connectivity index (χ1) is 17.7. The summed E-state index contributed by atoms with van der Waals surface area (Å²) in [5.74, 6) is 0.950. The predicted molar refractivity (Wildman–Crippen MR) is 147 cm³/mol. The summed E-state index contributed by atoms with van der Waals surface area (Å²) in [4.78, 5) is 20.7. The molecule has 0 radical (unpaired) electrons. The molecular formula is C31H38N4O2. The first kappa shape index (κ1) is 23.2. The number of hydrogen-bond acceptors (Lipinski definition) is 4. The number of rotatable bonds is 4. The highest BCUT2D eigenvalue weighted by molar-refractivity contribution is 5.85. The highest BCUT2D eigenvalue weighted by atomic mass is 16.6. The summed E-state index contributed by atoms with van der Waals surface area (Å²) in [5.41, 5.74) is 6.53. The Morgan fingerprint density at radius 3 is 2.41 bits per heavy atom. The molecular weight excluding hydrogens is 460 g/mol. The maximum absolute atomic E-state index is 12.3. The summed E-state index contributed by atoms with van der Waals surface area (Å²) in [5, 5.41) is 4.99. The average molecular weight is 499 g/mol. The van der Waals surface area contributed by atoms with Crippen molar-refractivity contribution >= 4 is 22.7 Å². The second-order valence-corrected chi connectivity index (χ2v) is 13.0. The third-order valence-corrected chi connectivity index (χ3v) is 9.06. The van der Waals surface area contributed by atoms with E-state index < -0.39 is 5.60 Å². The quantitative estimate of drug-likeness (QED) is 0.457. The Morgan fingerprint density at radius 1 is 1.05 bits per heavy atom. The van der Waals surface area contributed by atoms with Crippen LogP contribution >= 0.6 is 0 Å². The van der Waals surface area contributed by atoms with Crippen LogP contribution in [0.3, 0.4) is 0 Å². The molecule has 0 unspecified atom stereocenters. The number of nitrogens with zero attached hydrogens (tertiary/aromatic N) is 2. The third kappa shape index (κ3) is 3.75. The molecule has 1 saturated heterocycles. The highest BCUT2D eigenvalue weighted by Gasteiger charge is 2.63. The van der Waals surface area contributed by atoms with Gasteiger partial charge in [0.1, 0.15) is 5.60 Å². The van der Waals surface area contributed by atoms with Gasteiger partial charge in [-0.15, -0.1) is 0 Å². The van der Waals surface area contributed by atoms with E-state index in [9.17, 15) is 4.79 Å². The Morgan fingerprint density at radius 2 is 1.76 bits per heavy atom. The lowest BCUT2D eigenvalue weighted by molar-refractivity contribution is -0.174. The van der Waals surface area contributed by atoms with Crippen molar-refractivity contribution in [2.45, 2.75) is 82.6 Å². The van der Waals surface area contributed by atoms with Gasteiger partial charge in [0.15, 0.2) is 0 Å². The number of aromatic nitrogens is 1. The molecule has 8 rings (SSSR count). The van der Waals surface area contributed by atoms with Gasteiger partial charge in [-0.25, -0.2) is 4.79 Å². The fraction of sp³-hybridized carbons (Fsp3) is 0.516. The topological polar surface area (TPSA) is 60.6 Å². The van der Waals surface area contributed by atoms with E-state index in [1.54, 1.807) is 4.90 Å². The molecule has 2 bridgehead atoms. The van der Waals surface area contributed by atoms with Crippen LogP contribution in [0.15, 0.2) is 48.5 Å². The number of carbonyl (C=O) groups is 1. The van der Waals surface area contributed by atoms with Gasteiger partial charge in [0, 0.05) is 47.0 Å². The zero-order chi connectivity index (χ0) is 25.5. The van der Waals surface area contributed by atoms with Crippen molar-refractivity contribution in [3.63, 3.8) is 0 Å². The molecule has 2 atom stereocenters. The SMILES string of the molecule is C[C@@H]1Cc2c([nH]c3ccccc23)[C@@H](c2ccc(NC3CN(C(=O)OC(C)(C)C)C3)cc2)N1C12CC(C1)C2. The van der Waals surface area contributed by atoms with E-state index in [-0.39, 0.29) is 18.2 Å². The molecule has 1 amide bonds. The minimum atomic E-state index is -0.458. The standard InChI is InChI=1S/C31H38N4O2/c1-19-13-25-24-7-5-6-8-26(24)33-27(25)28(35(19)31-14-20(15-31)16-31)21-9-11-22(12-10-21)32-23-17-34(18-23)29(36)37-30(2,3)4/h5-12,19-20,23,28,32-33H,13-18H2,1-4H3/t19-,20?,28-,31?/m1/s1. The van der Waals surface area contributed by atoms with E-state index in [1.165, 1.54) is 47.0 Å². The number of ether oxygens (including phenoxy) is 1. The Kier molecular flexibility index (Phi) is 5.01. The van der Waals surface area contributed by atoms with Gasteiger partial charge in [0.05, 0.1) is 12.1 Å². The lowest BCUT2D eigenvalue weighted by atomic mass is 9.48. The monoisotopic (exact) mass is 498 g/mol. The lowest BCUT2D eigenvalue weighted by Crippen LogP contribution is -2.71. The maximum atomic E-state index is 12.3. The molecule has 37 heavy (non-hydrogen) atoms. The van der Waals surface area contributed by atoms with Crippen LogP contribution in [-0.2, 0) is 11.2 Å². The summed E-state index contributed by atoms with van der Waals surface area (Å²) >= 11 is 0. The van der Waals surface area contributed by atoms with Crippen molar-refractivity contribution in [2.24, 2.45) is 5.92 Å². The minimum Gasteiger partial charge on any atom is -0.444 e. The summed E-state index contributed by atoms with van der Waals surface area (Å²) in [6.07, 6.45) is 4.96. The first-order valence-electron chi connectivity index (χ1n) is 13.9. The largest absolute Gasteiger partial charge is 0.444 e. The third-order valence-electron chi connectivity index (χ3n) is 9.06. The van der Waals surface area contributed by atoms with Gasteiger partial charge in [-0.05, 0) is 88.6 Å². The zero-order valence-electron chi connectivity index (χ0n) is 22.4. The molecule has 3 saturated carbocycles. The number of para-hydroxylation sites is 1. The Labute approximate surface area is 219 Å². The second-order valence-electron chi connectivity index (χ2n) is 13.0.